The molecule has 7 nitrogen and oxygen atoms in total. The van der Waals surface area contributed by atoms with Gasteiger partial charge in [0, 0.05) is 24.8 Å². The van der Waals surface area contributed by atoms with E-state index < -0.39 is 0 Å². The number of nitrogens with zero attached hydrogens (tertiary/aromatic N) is 3. The lowest BCUT2D eigenvalue weighted by Gasteiger charge is -2.17. The predicted octanol–water partition coefficient (Wildman–Crippen LogP) is 5.17. The van der Waals surface area contributed by atoms with Crippen LogP contribution >= 0.6 is 0 Å². The van der Waals surface area contributed by atoms with E-state index in [0.29, 0.717) is 29.2 Å². The second kappa shape index (κ2) is 10.0. The molecule has 0 saturated carbocycles. The molecule has 7 heteroatoms. The molecule has 1 N–H and O–H groups in total. The highest BCUT2D eigenvalue weighted by Gasteiger charge is 2.17. The number of amides is 1. The summed E-state index contributed by atoms with van der Waals surface area (Å²) in [5.41, 5.74) is 2.61. The molecule has 1 heterocycles. The number of anilines is 2. The summed E-state index contributed by atoms with van der Waals surface area (Å²) in [6.07, 6.45) is 1.51. The molecule has 0 fully saturated rings. The van der Waals surface area contributed by atoms with E-state index in [1.54, 1.807) is 48.3 Å². The minimum atomic E-state index is -0.376. The van der Waals surface area contributed by atoms with E-state index in [1.807, 2.05) is 56.3 Å². The Kier molecular flexibility index (Phi) is 6.73. The number of para-hydroxylation sites is 1. The van der Waals surface area contributed by atoms with Gasteiger partial charge in [0.2, 0.25) is 0 Å². The molecule has 0 aliphatic carbocycles. The fourth-order valence-corrected chi connectivity index (χ4v) is 3.43. The summed E-state index contributed by atoms with van der Waals surface area (Å²) >= 11 is 0. The molecule has 4 rings (SSSR count). The summed E-state index contributed by atoms with van der Waals surface area (Å²) in [6, 6.07) is 23.8. The van der Waals surface area contributed by atoms with Crippen molar-refractivity contribution in [1.29, 1.82) is 0 Å². The van der Waals surface area contributed by atoms with E-state index in [0.717, 1.165) is 5.56 Å². The van der Waals surface area contributed by atoms with Gasteiger partial charge in [-0.25, -0.2) is 0 Å². The summed E-state index contributed by atoms with van der Waals surface area (Å²) < 4.78 is 7.36. The van der Waals surface area contributed by atoms with Gasteiger partial charge in [0.25, 0.3) is 11.5 Å². The normalized spacial score (nSPS) is 10.6. The second-order valence-electron chi connectivity index (χ2n) is 7.88. The first-order valence-electron chi connectivity index (χ1n) is 11.0. The zero-order valence-corrected chi connectivity index (χ0v) is 19.4. The van der Waals surface area contributed by atoms with Crippen molar-refractivity contribution in [3.63, 3.8) is 0 Å². The molecule has 0 radical (unpaired) electrons. The van der Waals surface area contributed by atoms with Gasteiger partial charge in [0.1, 0.15) is 5.75 Å². The number of rotatable bonds is 7. The third kappa shape index (κ3) is 4.99. The SMILES string of the molecule is CCN(C)C(=O)c1cccc(Nc2c(Oc3cccc(C)c3)cnn(-c3ccccc3)c2=O)c1. The zero-order valence-electron chi connectivity index (χ0n) is 19.4. The molecule has 0 aliphatic heterocycles. The first-order chi connectivity index (χ1) is 16.5. The van der Waals surface area contributed by atoms with Crippen LogP contribution in [0.15, 0.2) is 89.9 Å². The van der Waals surface area contributed by atoms with E-state index in [1.165, 1.54) is 10.9 Å². The number of hydrogen-bond donors (Lipinski definition) is 1. The van der Waals surface area contributed by atoms with E-state index in [9.17, 15) is 9.59 Å². The van der Waals surface area contributed by atoms with Crippen LogP contribution in [-0.2, 0) is 0 Å². The number of ether oxygens (including phenoxy) is 1. The molecule has 0 atom stereocenters. The number of benzene rings is 3. The van der Waals surface area contributed by atoms with Crippen LogP contribution in [0.3, 0.4) is 0 Å². The maximum Gasteiger partial charge on any atom is 0.299 e. The standard InChI is InChI=1S/C27H26N4O3/c1-4-30(3)26(32)20-11-9-12-21(17-20)29-25-24(34-23-15-8-10-19(2)16-23)18-28-31(27(25)33)22-13-6-5-7-14-22/h5-18,29H,4H2,1-3H3. The largest absolute Gasteiger partial charge is 0.453 e. The van der Waals surface area contributed by atoms with Crippen LogP contribution < -0.4 is 15.6 Å². The van der Waals surface area contributed by atoms with Crippen molar-refractivity contribution in [2.45, 2.75) is 13.8 Å². The van der Waals surface area contributed by atoms with Crippen LogP contribution in [0, 0.1) is 6.92 Å². The summed E-state index contributed by atoms with van der Waals surface area (Å²) in [4.78, 5) is 27.8. The van der Waals surface area contributed by atoms with E-state index in [-0.39, 0.29) is 22.9 Å². The van der Waals surface area contributed by atoms with Crippen LogP contribution in [0.25, 0.3) is 5.69 Å². The molecule has 172 valence electrons. The maximum atomic E-state index is 13.5. The first-order valence-corrected chi connectivity index (χ1v) is 11.0. The minimum Gasteiger partial charge on any atom is -0.453 e. The summed E-state index contributed by atoms with van der Waals surface area (Å²) in [7, 11) is 1.75. The van der Waals surface area contributed by atoms with E-state index in [2.05, 4.69) is 10.4 Å². The molecule has 0 spiro atoms. The first kappa shape index (κ1) is 22.8. The smallest absolute Gasteiger partial charge is 0.299 e. The van der Waals surface area contributed by atoms with Gasteiger partial charge in [0.15, 0.2) is 11.4 Å². The van der Waals surface area contributed by atoms with Crippen molar-refractivity contribution in [3.05, 3.63) is 107 Å². The average molecular weight is 455 g/mol. The van der Waals surface area contributed by atoms with Gasteiger partial charge in [-0.3, -0.25) is 9.59 Å². The zero-order chi connectivity index (χ0) is 24.1. The van der Waals surface area contributed by atoms with Crippen molar-refractivity contribution in [3.8, 4) is 17.2 Å². The molecule has 0 saturated heterocycles. The predicted molar refractivity (Wildman–Crippen MR) is 133 cm³/mol. The Morgan fingerprint density at radius 1 is 1.03 bits per heavy atom. The average Bonchev–Trinajstić information content (AvgIpc) is 2.86. The molecular formula is C27H26N4O3. The number of nitrogens with one attached hydrogen (secondary N) is 1. The van der Waals surface area contributed by atoms with Gasteiger partial charge in [-0.2, -0.15) is 9.78 Å². The lowest BCUT2D eigenvalue weighted by molar-refractivity contribution is 0.0802. The fourth-order valence-electron chi connectivity index (χ4n) is 3.43. The molecule has 0 aliphatic rings. The van der Waals surface area contributed by atoms with E-state index >= 15 is 0 Å². The molecule has 1 aromatic heterocycles. The Balaban J connectivity index is 1.77. The van der Waals surface area contributed by atoms with Crippen molar-refractivity contribution < 1.29 is 9.53 Å². The van der Waals surface area contributed by atoms with Crippen molar-refractivity contribution >= 4 is 17.3 Å². The Bertz CT molecular complexity index is 1370. The van der Waals surface area contributed by atoms with Crippen molar-refractivity contribution in [2.24, 2.45) is 0 Å². The molecule has 3 aromatic carbocycles. The number of carbonyl (C=O) groups excluding carboxylic acids is 1. The van der Waals surface area contributed by atoms with Crippen molar-refractivity contribution in [2.75, 3.05) is 18.9 Å². The minimum absolute atomic E-state index is 0.0983. The van der Waals surface area contributed by atoms with Gasteiger partial charge in [-0.05, 0) is 61.9 Å². The number of carbonyl (C=O) groups is 1. The number of aromatic nitrogens is 2. The molecule has 34 heavy (non-hydrogen) atoms. The van der Waals surface area contributed by atoms with Crippen LogP contribution in [0.1, 0.15) is 22.8 Å². The fraction of sp³-hybridized carbons (Fsp3) is 0.148. The van der Waals surface area contributed by atoms with Gasteiger partial charge in [0.05, 0.1) is 11.9 Å². The van der Waals surface area contributed by atoms with Gasteiger partial charge in [-0.15, -0.1) is 0 Å². The maximum absolute atomic E-state index is 13.5. The summed E-state index contributed by atoms with van der Waals surface area (Å²) in [5.74, 6) is 0.777. The molecule has 1 amide bonds. The molecular weight excluding hydrogens is 428 g/mol. The van der Waals surface area contributed by atoms with Crippen LogP contribution in [0.5, 0.6) is 11.5 Å². The monoisotopic (exact) mass is 454 g/mol. The van der Waals surface area contributed by atoms with Gasteiger partial charge in [-0.1, -0.05) is 36.4 Å². The summed E-state index contributed by atoms with van der Waals surface area (Å²) in [6.45, 7) is 4.47. The highest BCUT2D eigenvalue weighted by molar-refractivity contribution is 5.95. The Morgan fingerprint density at radius 3 is 2.53 bits per heavy atom. The Morgan fingerprint density at radius 2 is 1.79 bits per heavy atom. The third-order valence-electron chi connectivity index (χ3n) is 5.36. The summed E-state index contributed by atoms with van der Waals surface area (Å²) in [5, 5.41) is 7.50. The second-order valence-corrected chi connectivity index (χ2v) is 7.88. The van der Waals surface area contributed by atoms with Gasteiger partial charge < -0.3 is 15.0 Å². The third-order valence-corrected chi connectivity index (χ3v) is 5.36. The highest BCUT2D eigenvalue weighted by atomic mass is 16.5. The number of hydrogen-bond acceptors (Lipinski definition) is 5. The van der Waals surface area contributed by atoms with E-state index in [4.69, 9.17) is 4.74 Å². The molecule has 0 unspecified atom stereocenters. The van der Waals surface area contributed by atoms with Crippen LogP contribution in [0.2, 0.25) is 0 Å². The molecule has 0 bridgehead atoms. The Hall–Kier alpha value is -4.39. The highest BCUT2D eigenvalue weighted by Crippen LogP contribution is 2.29. The molecule has 4 aromatic rings. The quantitative estimate of drug-likeness (QED) is 0.417. The van der Waals surface area contributed by atoms with Gasteiger partial charge >= 0.3 is 0 Å². The van der Waals surface area contributed by atoms with Crippen LogP contribution in [-0.4, -0.2) is 34.2 Å². The lowest BCUT2D eigenvalue weighted by Crippen LogP contribution is -2.26. The Labute approximate surface area is 198 Å². The topological polar surface area (TPSA) is 76.5 Å². The van der Waals surface area contributed by atoms with Crippen molar-refractivity contribution in [1.82, 2.24) is 14.7 Å². The van der Waals surface area contributed by atoms with Crippen LogP contribution in [0.4, 0.5) is 11.4 Å². The number of aryl methyl sites for hydroxylation is 1. The lowest BCUT2D eigenvalue weighted by atomic mass is 10.1.